The van der Waals surface area contributed by atoms with Crippen molar-refractivity contribution in [1.29, 1.82) is 0 Å². The lowest BCUT2D eigenvalue weighted by Crippen LogP contribution is -2.10. The van der Waals surface area contributed by atoms with E-state index in [0.29, 0.717) is 0 Å². The fourth-order valence-corrected chi connectivity index (χ4v) is 3.38. The van der Waals surface area contributed by atoms with Crippen LogP contribution in [0.15, 0.2) is 66.9 Å². The van der Waals surface area contributed by atoms with Gasteiger partial charge in [-0.15, -0.1) is 0 Å². The van der Waals surface area contributed by atoms with E-state index < -0.39 is 0 Å². The molecule has 0 atom stereocenters. The van der Waals surface area contributed by atoms with Crippen LogP contribution in [0, 0.1) is 6.92 Å². The summed E-state index contributed by atoms with van der Waals surface area (Å²) in [5.41, 5.74) is 4.96. The molecule has 1 heteroatoms. The highest BCUT2D eigenvalue weighted by molar-refractivity contribution is 6.08. The molecular formula is C24H23N. The van der Waals surface area contributed by atoms with Gasteiger partial charge in [0.05, 0.1) is 5.69 Å². The van der Waals surface area contributed by atoms with Crippen LogP contribution in [0.2, 0.25) is 0 Å². The third-order valence-corrected chi connectivity index (χ3v) is 4.91. The zero-order valence-corrected chi connectivity index (χ0v) is 15.3. The largest absolute Gasteiger partial charge is 0.256 e. The first kappa shape index (κ1) is 15.8. The molecule has 4 rings (SSSR count). The van der Waals surface area contributed by atoms with Gasteiger partial charge in [0.25, 0.3) is 0 Å². The highest BCUT2D eigenvalue weighted by atomic mass is 14.7. The molecular weight excluding hydrogens is 302 g/mol. The average molecular weight is 325 g/mol. The van der Waals surface area contributed by atoms with Crippen LogP contribution in [0.4, 0.5) is 0 Å². The van der Waals surface area contributed by atoms with Gasteiger partial charge in [0.1, 0.15) is 0 Å². The Morgan fingerprint density at radius 3 is 2.24 bits per heavy atom. The minimum Gasteiger partial charge on any atom is -0.256 e. The van der Waals surface area contributed by atoms with Crippen LogP contribution in [0.3, 0.4) is 0 Å². The molecule has 0 aliphatic rings. The maximum absolute atomic E-state index is 4.53. The van der Waals surface area contributed by atoms with Gasteiger partial charge < -0.3 is 0 Å². The maximum Gasteiger partial charge on any atom is 0.0704 e. The second kappa shape index (κ2) is 5.70. The van der Waals surface area contributed by atoms with Gasteiger partial charge in [-0.3, -0.25) is 4.98 Å². The van der Waals surface area contributed by atoms with E-state index in [1.165, 1.54) is 38.2 Å². The number of aryl methyl sites for hydroxylation is 1. The van der Waals surface area contributed by atoms with Crippen molar-refractivity contribution >= 4 is 21.5 Å². The van der Waals surface area contributed by atoms with E-state index in [-0.39, 0.29) is 5.41 Å². The SMILES string of the molecule is Cc1ccnc(-c2ccc3c(ccc4ccc(C(C)(C)C)cc43)c2)c1. The van der Waals surface area contributed by atoms with E-state index in [9.17, 15) is 0 Å². The van der Waals surface area contributed by atoms with E-state index in [2.05, 4.69) is 87.3 Å². The van der Waals surface area contributed by atoms with Crippen LogP contribution in [0.1, 0.15) is 31.9 Å². The third-order valence-electron chi connectivity index (χ3n) is 4.91. The second-order valence-electron chi connectivity index (χ2n) is 7.91. The van der Waals surface area contributed by atoms with Crippen molar-refractivity contribution in [2.24, 2.45) is 0 Å². The number of pyridine rings is 1. The molecule has 1 nitrogen and oxygen atoms in total. The smallest absolute Gasteiger partial charge is 0.0704 e. The molecule has 0 radical (unpaired) electrons. The fraction of sp³-hybridized carbons (Fsp3) is 0.208. The molecule has 0 saturated carbocycles. The predicted octanol–water partition coefficient (Wildman–Crippen LogP) is 6.66. The van der Waals surface area contributed by atoms with Gasteiger partial charge in [0.15, 0.2) is 0 Å². The van der Waals surface area contributed by atoms with Crippen molar-refractivity contribution in [1.82, 2.24) is 4.98 Å². The number of hydrogen-bond donors (Lipinski definition) is 0. The van der Waals surface area contributed by atoms with Crippen LogP contribution in [-0.4, -0.2) is 4.98 Å². The van der Waals surface area contributed by atoms with Crippen LogP contribution < -0.4 is 0 Å². The number of aromatic nitrogens is 1. The molecule has 0 aliphatic carbocycles. The maximum atomic E-state index is 4.53. The van der Waals surface area contributed by atoms with E-state index in [1.807, 2.05) is 12.3 Å². The molecule has 0 aliphatic heterocycles. The first-order valence-electron chi connectivity index (χ1n) is 8.82. The average Bonchev–Trinajstić information content (AvgIpc) is 2.60. The van der Waals surface area contributed by atoms with E-state index in [4.69, 9.17) is 0 Å². The van der Waals surface area contributed by atoms with Gasteiger partial charge in [-0.25, -0.2) is 0 Å². The minimum absolute atomic E-state index is 0.155. The second-order valence-corrected chi connectivity index (χ2v) is 7.91. The molecule has 0 N–H and O–H groups in total. The number of nitrogens with zero attached hydrogens (tertiary/aromatic N) is 1. The Hall–Kier alpha value is -2.67. The van der Waals surface area contributed by atoms with Crippen LogP contribution in [0.5, 0.6) is 0 Å². The topological polar surface area (TPSA) is 12.9 Å². The van der Waals surface area contributed by atoms with Crippen LogP contribution >= 0.6 is 0 Å². The Morgan fingerprint density at radius 1 is 0.720 bits per heavy atom. The molecule has 0 fully saturated rings. The summed E-state index contributed by atoms with van der Waals surface area (Å²) in [5, 5.41) is 5.19. The molecule has 1 heterocycles. The lowest BCUT2D eigenvalue weighted by molar-refractivity contribution is 0.591. The lowest BCUT2D eigenvalue weighted by atomic mass is 9.85. The summed E-state index contributed by atoms with van der Waals surface area (Å²) in [5.74, 6) is 0. The van der Waals surface area contributed by atoms with Crippen molar-refractivity contribution in [3.63, 3.8) is 0 Å². The quantitative estimate of drug-likeness (QED) is 0.356. The van der Waals surface area contributed by atoms with E-state index in [0.717, 1.165) is 5.69 Å². The van der Waals surface area contributed by atoms with Gasteiger partial charge in [-0.05, 0) is 63.2 Å². The zero-order valence-electron chi connectivity index (χ0n) is 15.3. The predicted molar refractivity (Wildman–Crippen MR) is 108 cm³/mol. The summed E-state index contributed by atoms with van der Waals surface area (Å²) in [6.07, 6.45) is 1.88. The van der Waals surface area contributed by atoms with Crippen LogP contribution in [0.25, 0.3) is 32.8 Å². The number of hydrogen-bond acceptors (Lipinski definition) is 1. The van der Waals surface area contributed by atoms with Gasteiger partial charge in [-0.1, -0.05) is 63.2 Å². The first-order valence-corrected chi connectivity index (χ1v) is 8.82. The molecule has 0 saturated heterocycles. The van der Waals surface area contributed by atoms with Crippen molar-refractivity contribution < 1.29 is 0 Å². The number of rotatable bonds is 1. The highest BCUT2D eigenvalue weighted by Gasteiger charge is 2.14. The lowest BCUT2D eigenvalue weighted by Gasteiger charge is -2.20. The normalized spacial score (nSPS) is 12.0. The highest BCUT2D eigenvalue weighted by Crippen LogP contribution is 2.32. The Bertz CT molecular complexity index is 1080. The zero-order chi connectivity index (χ0) is 17.6. The van der Waals surface area contributed by atoms with E-state index >= 15 is 0 Å². The van der Waals surface area contributed by atoms with Crippen molar-refractivity contribution in [3.8, 4) is 11.3 Å². The summed E-state index contributed by atoms with van der Waals surface area (Å²) in [6, 6.07) is 22.1. The third kappa shape index (κ3) is 2.91. The van der Waals surface area contributed by atoms with Crippen molar-refractivity contribution in [2.75, 3.05) is 0 Å². The number of fused-ring (bicyclic) bond motifs is 3. The fourth-order valence-electron chi connectivity index (χ4n) is 3.38. The van der Waals surface area contributed by atoms with Crippen molar-refractivity contribution in [3.05, 3.63) is 78.0 Å². The number of benzene rings is 3. The van der Waals surface area contributed by atoms with Gasteiger partial charge in [0.2, 0.25) is 0 Å². The monoisotopic (exact) mass is 325 g/mol. The summed E-state index contributed by atoms with van der Waals surface area (Å²) < 4.78 is 0. The molecule has 1 aromatic heterocycles. The molecule has 25 heavy (non-hydrogen) atoms. The molecule has 3 aromatic carbocycles. The van der Waals surface area contributed by atoms with E-state index in [1.54, 1.807) is 0 Å². The van der Waals surface area contributed by atoms with Crippen LogP contribution in [-0.2, 0) is 5.41 Å². The molecule has 0 amide bonds. The molecule has 124 valence electrons. The van der Waals surface area contributed by atoms with Crippen molar-refractivity contribution in [2.45, 2.75) is 33.1 Å². The first-order chi connectivity index (χ1) is 11.9. The Morgan fingerprint density at radius 2 is 1.48 bits per heavy atom. The van der Waals surface area contributed by atoms with Gasteiger partial charge in [0, 0.05) is 11.8 Å². The van der Waals surface area contributed by atoms with Gasteiger partial charge in [-0.2, -0.15) is 0 Å². The standard InChI is InChI=1S/C24H23N/c1-16-11-12-25-23(13-16)19-8-10-21-18(14-19)6-5-17-7-9-20(15-22(17)21)24(2,3)4/h5-15H,1-4H3. The molecule has 0 unspecified atom stereocenters. The summed E-state index contributed by atoms with van der Waals surface area (Å²) in [7, 11) is 0. The van der Waals surface area contributed by atoms with Gasteiger partial charge >= 0.3 is 0 Å². The Kier molecular flexibility index (Phi) is 3.61. The molecule has 0 spiro atoms. The summed E-state index contributed by atoms with van der Waals surface area (Å²) >= 11 is 0. The summed E-state index contributed by atoms with van der Waals surface area (Å²) in [6.45, 7) is 8.90. The molecule has 0 bridgehead atoms. The Balaban J connectivity index is 1.93. The molecule has 4 aromatic rings. The minimum atomic E-state index is 0.155. The Labute approximate surface area is 149 Å². The summed E-state index contributed by atoms with van der Waals surface area (Å²) in [4.78, 5) is 4.53.